The SMILES string of the molecule is CC1CCNC2=C1C=CCC2[SiH3]. The molecule has 1 heterocycles. The molecular formula is C10H17NSi. The quantitative estimate of drug-likeness (QED) is 0.547. The maximum Gasteiger partial charge on any atom is 0.0149 e. The van der Waals surface area contributed by atoms with Crippen LogP contribution in [-0.4, -0.2) is 16.8 Å². The van der Waals surface area contributed by atoms with Crippen molar-refractivity contribution in [2.75, 3.05) is 6.54 Å². The highest BCUT2D eigenvalue weighted by atomic mass is 28.1. The second-order valence-electron chi connectivity index (χ2n) is 4.02. The van der Waals surface area contributed by atoms with Gasteiger partial charge in [-0.1, -0.05) is 19.1 Å². The van der Waals surface area contributed by atoms with Crippen LogP contribution >= 0.6 is 0 Å². The standard InChI is InChI=1S/C10H17NSi/c1-7-5-6-11-10-8(7)3-2-4-9(10)12/h2-3,7,9,11H,4-6H2,1,12H3. The Bertz CT molecular complexity index is 242. The molecule has 1 aliphatic heterocycles. The van der Waals surface area contributed by atoms with E-state index in [1.807, 2.05) is 0 Å². The Labute approximate surface area is 77.4 Å². The summed E-state index contributed by atoms with van der Waals surface area (Å²) in [5, 5.41) is 3.56. The first-order chi connectivity index (χ1) is 5.79. The van der Waals surface area contributed by atoms with Gasteiger partial charge in [0.1, 0.15) is 0 Å². The number of nitrogens with one attached hydrogen (secondary N) is 1. The van der Waals surface area contributed by atoms with E-state index in [1.165, 1.54) is 29.6 Å². The van der Waals surface area contributed by atoms with Crippen LogP contribution in [0, 0.1) is 5.92 Å². The fourth-order valence-corrected chi connectivity index (χ4v) is 2.99. The number of rotatable bonds is 0. The Balaban J connectivity index is 2.33. The van der Waals surface area contributed by atoms with Crippen molar-refractivity contribution in [2.24, 2.45) is 5.92 Å². The van der Waals surface area contributed by atoms with Crippen molar-refractivity contribution in [1.82, 2.24) is 5.32 Å². The summed E-state index contributed by atoms with van der Waals surface area (Å²) < 4.78 is 0. The van der Waals surface area contributed by atoms with E-state index in [0.717, 1.165) is 11.5 Å². The third-order valence-electron chi connectivity index (χ3n) is 3.01. The van der Waals surface area contributed by atoms with Gasteiger partial charge in [-0.05, 0) is 29.9 Å². The molecule has 2 atom stereocenters. The lowest BCUT2D eigenvalue weighted by atomic mass is 9.88. The van der Waals surface area contributed by atoms with Crippen LogP contribution in [0.25, 0.3) is 0 Å². The molecule has 1 N–H and O–H groups in total. The summed E-state index contributed by atoms with van der Waals surface area (Å²) in [6.45, 7) is 3.53. The maximum absolute atomic E-state index is 3.56. The van der Waals surface area contributed by atoms with E-state index in [1.54, 1.807) is 11.3 Å². The molecule has 1 nitrogen and oxygen atoms in total. The molecule has 0 saturated carbocycles. The third kappa shape index (κ3) is 1.24. The van der Waals surface area contributed by atoms with E-state index < -0.39 is 0 Å². The van der Waals surface area contributed by atoms with Crippen LogP contribution in [0.15, 0.2) is 23.4 Å². The lowest BCUT2D eigenvalue weighted by Gasteiger charge is -2.31. The van der Waals surface area contributed by atoms with Crippen LogP contribution in [0.2, 0.25) is 5.54 Å². The Kier molecular flexibility index (Phi) is 2.09. The first-order valence-electron chi connectivity index (χ1n) is 4.93. The molecule has 66 valence electrons. The van der Waals surface area contributed by atoms with Crippen molar-refractivity contribution in [1.29, 1.82) is 0 Å². The summed E-state index contributed by atoms with van der Waals surface area (Å²) >= 11 is 0. The minimum Gasteiger partial charge on any atom is -0.388 e. The molecule has 0 aromatic rings. The van der Waals surface area contributed by atoms with E-state index in [-0.39, 0.29) is 0 Å². The first-order valence-corrected chi connectivity index (χ1v) is 6.09. The Hall–Kier alpha value is -0.503. The molecule has 0 aromatic carbocycles. The molecule has 0 radical (unpaired) electrons. The molecule has 0 bridgehead atoms. The van der Waals surface area contributed by atoms with E-state index in [9.17, 15) is 0 Å². The lowest BCUT2D eigenvalue weighted by molar-refractivity contribution is 0.527. The third-order valence-corrected chi connectivity index (χ3v) is 4.06. The molecule has 0 saturated heterocycles. The monoisotopic (exact) mass is 179 g/mol. The highest BCUT2D eigenvalue weighted by molar-refractivity contribution is 6.13. The molecular weight excluding hydrogens is 162 g/mol. The second-order valence-corrected chi connectivity index (χ2v) is 5.42. The van der Waals surface area contributed by atoms with Gasteiger partial charge < -0.3 is 5.32 Å². The summed E-state index contributed by atoms with van der Waals surface area (Å²) in [6, 6.07) is 0. The molecule has 2 rings (SSSR count). The van der Waals surface area contributed by atoms with Crippen molar-refractivity contribution in [2.45, 2.75) is 25.3 Å². The van der Waals surface area contributed by atoms with Gasteiger partial charge in [-0.25, -0.2) is 0 Å². The average molecular weight is 179 g/mol. The Morgan fingerprint density at radius 3 is 3.17 bits per heavy atom. The molecule has 2 unspecified atom stereocenters. The van der Waals surface area contributed by atoms with Crippen LogP contribution in [0.5, 0.6) is 0 Å². The predicted molar refractivity (Wildman–Crippen MR) is 56.3 cm³/mol. The van der Waals surface area contributed by atoms with E-state index in [0.29, 0.717) is 0 Å². The Morgan fingerprint density at radius 2 is 2.42 bits per heavy atom. The van der Waals surface area contributed by atoms with Gasteiger partial charge in [0.05, 0.1) is 0 Å². The number of hydrogen-bond acceptors (Lipinski definition) is 1. The molecule has 1 aliphatic carbocycles. The second kappa shape index (κ2) is 3.09. The number of allylic oxidation sites excluding steroid dienone is 4. The van der Waals surface area contributed by atoms with Crippen molar-refractivity contribution in [3.63, 3.8) is 0 Å². The van der Waals surface area contributed by atoms with Crippen molar-refractivity contribution < 1.29 is 0 Å². The van der Waals surface area contributed by atoms with Gasteiger partial charge in [0.2, 0.25) is 0 Å². The minimum atomic E-state index is 0.786. The molecule has 2 aliphatic rings. The summed E-state index contributed by atoms with van der Waals surface area (Å²) in [4.78, 5) is 0. The van der Waals surface area contributed by atoms with E-state index in [4.69, 9.17) is 0 Å². The van der Waals surface area contributed by atoms with Crippen molar-refractivity contribution in [3.8, 4) is 0 Å². The summed E-state index contributed by atoms with van der Waals surface area (Å²) in [5.74, 6) is 0.786. The normalized spacial score (nSPS) is 34.8. The van der Waals surface area contributed by atoms with E-state index in [2.05, 4.69) is 24.4 Å². The van der Waals surface area contributed by atoms with Gasteiger partial charge in [0.15, 0.2) is 0 Å². The highest BCUT2D eigenvalue weighted by Crippen LogP contribution is 2.33. The zero-order valence-corrected chi connectivity index (χ0v) is 9.93. The van der Waals surface area contributed by atoms with Crippen LogP contribution in [0.3, 0.4) is 0 Å². The van der Waals surface area contributed by atoms with Gasteiger partial charge in [0.25, 0.3) is 0 Å². The van der Waals surface area contributed by atoms with Crippen LogP contribution < -0.4 is 5.32 Å². The van der Waals surface area contributed by atoms with E-state index >= 15 is 0 Å². The van der Waals surface area contributed by atoms with Crippen LogP contribution in [0.1, 0.15) is 19.8 Å². The molecule has 0 amide bonds. The zero-order chi connectivity index (χ0) is 8.55. The molecule has 12 heavy (non-hydrogen) atoms. The van der Waals surface area contributed by atoms with Gasteiger partial charge in [0, 0.05) is 22.5 Å². The van der Waals surface area contributed by atoms with Gasteiger partial charge in [-0.15, -0.1) is 0 Å². The van der Waals surface area contributed by atoms with Crippen molar-refractivity contribution >= 4 is 10.2 Å². The molecule has 2 heteroatoms. The first kappa shape index (κ1) is 8.11. The van der Waals surface area contributed by atoms with Crippen molar-refractivity contribution in [3.05, 3.63) is 23.4 Å². The fourth-order valence-electron chi connectivity index (χ4n) is 2.18. The fraction of sp³-hybridized carbons (Fsp3) is 0.600. The highest BCUT2D eigenvalue weighted by Gasteiger charge is 2.22. The minimum absolute atomic E-state index is 0.786. The largest absolute Gasteiger partial charge is 0.388 e. The maximum atomic E-state index is 3.56. The lowest BCUT2D eigenvalue weighted by Crippen LogP contribution is -2.29. The zero-order valence-electron chi connectivity index (χ0n) is 7.93. The predicted octanol–water partition coefficient (Wildman–Crippen LogP) is 0.984. The Morgan fingerprint density at radius 1 is 1.58 bits per heavy atom. The van der Waals surface area contributed by atoms with Crippen LogP contribution in [-0.2, 0) is 0 Å². The van der Waals surface area contributed by atoms with Gasteiger partial charge >= 0.3 is 0 Å². The smallest absolute Gasteiger partial charge is 0.0149 e. The molecule has 0 fully saturated rings. The summed E-state index contributed by atoms with van der Waals surface area (Å²) in [6.07, 6.45) is 7.25. The van der Waals surface area contributed by atoms with Gasteiger partial charge in [-0.2, -0.15) is 0 Å². The average Bonchev–Trinajstić information content (AvgIpc) is 2.07. The molecule has 0 spiro atoms. The number of hydrogen-bond donors (Lipinski definition) is 1. The molecule has 0 aromatic heterocycles. The summed E-state index contributed by atoms with van der Waals surface area (Å²) in [5.41, 5.74) is 4.02. The topological polar surface area (TPSA) is 12.0 Å². The van der Waals surface area contributed by atoms with Crippen LogP contribution in [0.4, 0.5) is 0 Å². The van der Waals surface area contributed by atoms with Gasteiger partial charge in [-0.3, -0.25) is 0 Å². The summed E-state index contributed by atoms with van der Waals surface area (Å²) in [7, 11) is 1.29.